The number of halogens is 1. The lowest BCUT2D eigenvalue weighted by atomic mass is 9.81. The van der Waals surface area contributed by atoms with Gasteiger partial charge in [-0.25, -0.2) is 14.1 Å². The van der Waals surface area contributed by atoms with Crippen LogP contribution in [0.2, 0.25) is 0 Å². The first-order valence-corrected chi connectivity index (χ1v) is 9.37. The minimum absolute atomic E-state index is 0.304. The molecule has 4 atom stereocenters. The van der Waals surface area contributed by atoms with E-state index in [1.54, 1.807) is 12.2 Å². The molecule has 27 heavy (non-hydrogen) atoms. The predicted octanol–water partition coefficient (Wildman–Crippen LogP) is 1.24. The van der Waals surface area contributed by atoms with Crippen molar-refractivity contribution in [1.29, 1.82) is 0 Å². The maximum atomic E-state index is 13.3. The molecule has 0 bridgehead atoms. The highest BCUT2D eigenvalue weighted by Gasteiger charge is 2.71. The highest BCUT2D eigenvalue weighted by Crippen LogP contribution is 2.46. The number of rotatable bonds is 3. The largest absolute Gasteiger partial charge is 0.464 e. The Morgan fingerprint density at radius 1 is 1.22 bits per heavy atom. The highest BCUT2D eigenvalue weighted by atomic mass is 32.1. The number of nitrogens with two attached hydrogens (primary N) is 1. The van der Waals surface area contributed by atoms with E-state index < -0.39 is 35.1 Å². The highest BCUT2D eigenvalue weighted by molar-refractivity contribution is 7.10. The van der Waals surface area contributed by atoms with Gasteiger partial charge >= 0.3 is 5.97 Å². The molecule has 1 aromatic heterocycles. The molecule has 2 aliphatic heterocycles. The summed E-state index contributed by atoms with van der Waals surface area (Å²) < 4.78 is 18.2. The average molecular weight is 389 g/mol. The zero-order chi connectivity index (χ0) is 19.3. The van der Waals surface area contributed by atoms with E-state index in [1.165, 1.54) is 42.7 Å². The Balaban J connectivity index is 1.81. The third-order valence-corrected chi connectivity index (χ3v) is 6.47. The molecule has 2 aliphatic rings. The lowest BCUT2D eigenvalue weighted by molar-refractivity contribution is -0.730. The van der Waals surface area contributed by atoms with Crippen LogP contribution in [0, 0.1) is 17.7 Å². The maximum absolute atomic E-state index is 13.3. The molecule has 2 N–H and O–H groups in total. The third kappa shape index (κ3) is 2.51. The minimum Gasteiger partial charge on any atom is -0.464 e. The predicted molar refractivity (Wildman–Crippen MR) is 95.3 cm³/mol. The Bertz CT molecular complexity index is 914. The van der Waals surface area contributed by atoms with Gasteiger partial charge in [-0.05, 0) is 35.7 Å². The summed E-state index contributed by atoms with van der Waals surface area (Å²) >= 11 is 1.48. The molecule has 2 aromatic rings. The fourth-order valence-corrected chi connectivity index (χ4v) is 5.11. The first-order valence-electron chi connectivity index (χ1n) is 8.49. The summed E-state index contributed by atoms with van der Waals surface area (Å²) in [7, 11) is 1.27. The van der Waals surface area contributed by atoms with Crippen LogP contribution in [0.15, 0.2) is 41.8 Å². The molecular weight excluding hydrogens is 371 g/mol. The molecule has 0 spiro atoms. The number of hydrogen-bond donors (Lipinski definition) is 1. The fourth-order valence-electron chi connectivity index (χ4n) is 4.26. The van der Waals surface area contributed by atoms with E-state index in [-0.39, 0.29) is 11.9 Å². The van der Waals surface area contributed by atoms with Gasteiger partial charge in [0.15, 0.2) is 0 Å². The van der Waals surface area contributed by atoms with Gasteiger partial charge in [0.2, 0.25) is 17.4 Å². The second kappa shape index (κ2) is 6.24. The van der Waals surface area contributed by atoms with Crippen molar-refractivity contribution in [3.05, 3.63) is 52.5 Å². The van der Waals surface area contributed by atoms with Gasteiger partial charge in [0.25, 0.3) is 0 Å². The Morgan fingerprint density at radius 2 is 1.93 bits per heavy atom. The average Bonchev–Trinajstić information content (AvgIpc) is 3.34. The number of amides is 2. The van der Waals surface area contributed by atoms with Crippen LogP contribution in [-0.4, -0.2) is 30.4 Å². The monoisotopic (exact) mass is 389 g/mol. The van der Waals surface area contributed by atoms with Gasteiger partial charge in [0.1, 0.15) is 23.7 Å². The van der Waals surface area contributed by atoms with Crippen molar-refractivity contribution >= 4 is 34.8 Å². The van der Waals surface area contributed by atoms with E-state index in [0.717, 1.165) is 9.78 Å². The second-order valence-electron chi connectivity index (χ2n) is 6.97. The van der Waals surface area contributed by atoms with Gasteiger partial charge in [0, 0.05) is 6.92 Å². The number of esters is 1. The number of carbonyl (C=O) groups excluding carboxylic acids is 3. The summed E-state index contributed by atoms with van der Waals surface area (Å²) in [6, 6.07) is 8.59. The fraction of sp³-hybridized carbons (Fsp3) is 0.316. The van der Waals surface area contributed by atoms with Gasteiger partial charge in [-0.15, -0.1) is 11.3 Å². The first-order chi connectivity index (χ1) is 12.9. The van der Waals surface area contributed by atoms with Crippen LogP contribution >= 0.6 is 11.3 Å². The van der Waals surface area contributed by atoms with Crippen LogP contribution in [0.1, 0.15) is 17.8 Å². The van der Waals surface area contributed by atoms with E-state index >= 15 is 0 Å². The van der Waals surface area contributed by atoms with E-state index in [4.69, 9.17) is 4.74 Å². The number of carbonyl (C=O) groups is 3. The van der Waals surface area contributed by atoms with Gasteiger partial charge in [0.05, 0.1) is 17.7 Å². The normalized spacial score (nSPS) is 29.9. The van der Waals surface area contributed by atoms with Crippen LogP contribution in [0.3, 0.4) is 0 Å². The third-order valence-electron chi connectivity index (χ3n) is 5.49. The first kappa shape index (κ1) is 17.8. The second-order valence-corrected chi connectivity index (χ2v) is 7.95. The molecule has 0 unspecified atom stereocenters. The van der Waals surface area contributed by atoms with E-state index in [0.29, 0.717) is 5.69 Å². The molecule has 0 saturated carbocycles. The molecule has 1 aromatic carbocycles. The van der Waals surface area contributed by atoms with Crippen LogP contribution in [-0.2, 0) is 19.1 Å². The van der Waals surface area contributed by atoms with Crippen molar-refractivity contribution in [3.8, 4) is 0 Å². The summed E-state index contributed by atoms with van der Waals surface area (Å²) in [6.45, 7) is 1.64. The summed E-state index contributed by atoms with van der Waals surface area (Å²) in [5, 5.41) is 3.67. The lowest BCUT2D eigenvalue weighted by Crippen LogP contribution is -2.97. The zero-order valence-corrected chi connectivity index (χ0v) is 15.5. The van der Waals surface area contributed by atoms with E-state index in [1.807, 2.05) is 17.5 Å². The van der Waals surface area contributed by atoms with Crippen LogP contribution < -0.4 is 10.2 Å². The van der Waals surface area contributed by atoms with E-state index in [2.05, 4.69) is 0 Å². The van der Waals surface area contributed by atoms with Crippen molar-refractivity contribution < 1.29 is 28.8 Å². The molecule has 4 rings (SSSR count). The van der Waals surface area contributed by atoms with Crippen molar-refractivity contribution in [2.75, 3.05) is 12.0 Å². The lowest BCUT2D eigenvalue weighted by Gasteiger charge is -2.25. The molecule has 8 heteroatoms. The summed E-state index contributed by atoms with van der Waals surface area (Å²) in [5.74, 6) is -3.38. The molecule has 0 radical (unpaired) electrons. The van der Waals surface area contributed by atoms with Gasteiger partial charge in [-0.1, -0.05) is 6.07 Å². The molecule has 2 amide bonds. The number of hydrogen-bond acceptors (Lipinski definition) is 5. The number of benzene rings is 1. The van der Waals surface area contributed by atoms with E-state index in [9.17, 15) is 18.8 Å². The van der Waals surface area contributed by atoms with Crippen LogP contribution in [0.25, 0.3) is 0 Å². The number of ether oxygens (including phenoxy) is 1. The quantitative estimate of drug-likeness (QED) is 0.633. The summed E-state index contributed by atoms with van der Waals surface area (Å²) in [5.41, 5.74) is -0.909. The summed E-state index contributed by atoms with van der Waals surface area (Å²) in [4.78, 5) is 41.0. The molecule has 3 heterocycles. The van der Waals surface area contributed by atoms with Crippen molar-refractivity contribution in [1.82, 2.24) is 0 Å². The SMILES string of the molecule is COC(=O)[C@]1(C)[NH2+][C@@H](c2cccs2)[C@H]2C(=O)N(c3ccc(F)cc3)C(=O)[C@H]21. The van der Waals surface area contributed by atoms with Gasteiger partial charge in [-0.2, -0.15) is 0 Å². The molecule has 6 nitrogen and oxygen atoms in total. The molecule has 0 aliphatic carbocycles. The van der Waals surface area contributed by atoms with Crippen molar-refractivity contribution in [2.45, 2.75) is 18.5 Å². The number of thiophene rings is 1. The number of nitrogens with zero attached hydrogens (tertiary/aromatic N) is 1. The molecule has 2 fully saturated rings. The standard InChI is InChI=1S/C19H17FN2O4S/c1-19(18(25)26-2)14-13(15(21-19)12-4-3-9-27-12)16(23)22(17(14)24)11-7-5-10(20)6-8-11/h3-9,13-15,21H,1-2H3/p+1/t13-,14-,15-,19+/m0/s1. The molecular formula is C19H18FN2O4S+. The summed E-state index contributed by atoms with van der Waals surface area (Å²) in [6.07, 6.45) is 0. The zero-order valence-electron chi connectivity index (χ0n) is 14.7. The number of fused-ring (bicyclic) bond motifs is 1. The maximum Gasteiger partial charge on any atom is 0.368 e. The molecule has 2 saturated heterocycles. The Labute approximate surface area is 158 Å². The molecule has 140 valence electrons. The van der Waals surface area contributed by atoms with Gasteiger partial charge in [-0.3, -0.25) is 9.59 Å². The minimum atomic E-state index is -1.21. The van der Waals surface area contributed by atoms with Crippen LogP contribution in [0.4, 0.5) is 10.1 Å². The Kier molecular flexibility index (Phi) is 4.12. The topological polar surface area (TPSA) is 80.3 Å². The smallest absolute Gasteiger partial charge is 0.368 e. The van der Waals surface area contributed by atoms with Crippen molar-refractivity contribution in [3.63, 3.8) is 0 Å². The number of methoxy groups -OCH3 is 1. The Morgan fingerprint density at radius 3 is 2.52 bits per heavy atom. The number of imide groups is 1. The number of anilines is 1. The van der Waals surface area contributed by atoms with Gasteiger partial charge < -0.3 is 10.1 Å². The van der Waals surface area contributed by atoms with Crippen LogP contribution in [0.5, 0.6) is 0 Å². The number of quaternary nitrogens is 1. The van der Waals surface area contributed by atoms with Crippen molar-refractivity contribution in [2.24, 2.45) is 11.8 Å². The Hall–Kier alpha value is -2.58.